The Morgan fingerprint density at radius 2 is 2.27 bits per heavy atom. The minimum atomic E-state index is 0.625. The van der Waals surface area contributed by atoms with Crippen LogP contribution in [0.25, 0.3) is 0 Å². The van der Waals surface area contributed by atoms with Gasteiger partial charge in [0, 0.05) is 18.3 Å². The van der Waals surface area contributed by atoms with Crippen LogP contribution in [0.2, 0.25) is 0 Å². The summed E-state index contributed by atoms with van der Waals surface area (Å²) in [6.07, 6.45) is 4.20. The Hall–Kier alpha value is -0.890. The van der Waals surface area contributed by atoms with Gasteiger partial charge in [-0.1, -0.05) is 18.9 Å². The van der Waals surface area contributed by atoms with Crippen LogP contribution < -0.4 is 5.32 Å². The number of aryl methyl sites for hydroxylation is 1. The molecule has 2 heteroatoms. The SMILES string of the molecule is Cc1cccc(CNC(C)CC2CC2)n1. The van der Waals surface area contributed by atoms with Crippen molar-refractivity contribution in [1.29, 1.82) is 0 Å². The molecule has 1 aromatic rings. The number of aromatic nitrogens is 1. The van der Waals surface area contributed by atoms with Crippen LogP contribution in [0.4, 0.5) is 0 Å². The van der Waals surface area contributed by atoms with Crippen LogP contribution in [0.1, 0.15) is 37.6 Å². The van der Waals surface area contributed by atoms with Crippen molar-refractivity contribution >= 4 is 0 Å². The summed E-state index contributed by atoms with van der Waals surface area (Å²) in [6, 6.07) is 6.83. The first-order chi connectivity index (χ1) is 7.24. The van der Waals surface area contributed by atoms with Gasteiger partial charge in [0.25, 0.3) is 0 Å². The predicted octanol–water partition coefficient (Wildman–Crippen LogP) is 2.67. The zero-order chi connectivity index (χ0) is 10.7. The van der Waals surface area contributed by atoms with Gasteiger partial charge in [0.15, 0.2) is 0 Å². The summed E-state index contributed by atoms with van der Waals surface area (Å²) in [4.78, 5) is 4.48. The minimum Gasteiger partial charge on any atom is -0.309 e. The van der Waals surface area contributed by atoms with Crippen molar-refractivity contribution in [3.8, 4) is 0 Å². The van der Waals surface area contributed by atoms with Crippen LogP contribution in [-0.2, 0) is 6.54 Å². The van der Waals surface area contributed by atoms with E-state index in [1.54, 1.807) is 0 Å². The predicted molar refractivity (Wildman–Crippen MR) is 62.6 cm³/mol. The third-order valence-corrected chi connectivity index (χ3v) is 2.96. The number of nitrogens with one attached hydrogen (secondary N) is 1. The van der Waals surface area contributed by atoms with Gasteiger partial charge in [0.1, 0.15) is 0 Å². The molecule has 15 heavy (non-hydrogen) atoms. The molecule has 1 atom stereocenters. The molecular formula is C13H20N2. The highest BCUT2D eigenvalue weighted by Crippen LogP contribution is 2.33. The molecule has 1 saturated carbocycles. The van der Waals surface area contributed by atoms with Gasteiger partial charge in [0.05, 0.1) is 5.69 Å². The second-order valence-electron chi connectivity index (χ2n) is 4.73. The number of hydrogen-bond acceptors (Lipinski definition) is 2. The number of hydrogen-bond donors (Lipinski definition) is 1. The largest absolute Gasteiger partial charge is 0.309 e. The second-order valence-corrected chi connectivity index (χ2v) is 4.73. The topological polar surface area (TPSA) is 24.9 Å². The van der Waals surface area contributed by atoms with Crippen LogP contribution >= 0.6 is 0 Å². The van der Waals surface area contributed by atoms with E-state index in [1.807, 2.05) is 13.0 Å². The first-order valence-corrected chi connectivity index (χ1v) is 5.90. The van der Waals surface area contributed by atoms with Crippen molar-refractivity contribution in [3.05, 3.63) is 29.6 Å². The average molecular weight is 204 g/mol. The fraction of sp³-hybridized carbons (Fsp3) is 0.615. The molecule has 1 aliphatic carbocycles. The van der Waals surface area contributed by atoms with Gasteiger partial charge in [-0.05, 0) is 38.3 Å². The standard InChI is InChI=1S/C13H20N2/c1-10-4-3-5-13(15-10)9-14-11(2)8-12-6-7-12/h3-5,11-12,14H,6-9H2,1-2H3. The van der Waals surface area contributed by atoms with Crippen LogP contribution in [0, 0.1) is 12.8 Å². The highest BCUT2D eigenvalue weighted by atomic mass is 14.9. The van der Waals surface area contributed by atoms with E-state index in [-0.39, 0.29) is 0 Å². The van der Waals surface area contributed by atoms with Crippen LogP contribution in [0.15, 0.2) is 18.2 Å². The Labute approximate surface area is 92.1 Å². The summed E-state index contributed by atoms with van der Waals surface area (Å²) in [6.45, 7) is 5.21. The van der Waals surface area contributed by atoms with E-state index < -0.39 is 0 Å². The maximum atomic E-state index is 4.48. The van der Waals surface area contributed by atoms with Crippen molar-refractivity contribution in [2.75, 3.05) is 0 Å². The summed E-state index contributed by atoms with van der Waals surface area (Å²) in [5.74, 6) is 0.998. The van der Waals surface area contributed by atoms with Gasteiger partial charge in [0.2, 0.25) is 0 Å². The summed E-state index contributed by atoms with van der Waals surface area (Å²) < 4.78 is 0. The smallest absolute Gasteiger partial charge is 0.0544 e. The van der Waals surface area contributed by atoms with Crippen LogP contribution in [0.3, 0.4) is 0 Å². The molecule has 1 fully saturated rings. The lowest BCUT2D eigenvalue weighted by molar-refractivity contribution is 0.484. The quantitative estimate of drug-likeness (QED) is 0.797. The van der Waals surface area contributed by atoms with E-state index in [0.29, 0.717) is 6.04 Å². The molecule has 1 N–H and O–H groups in total. The molecule has 2 rings (SSSR count). The first-order valence-electron chi connectivity index (χ1n) is 5.90. The molecule has 0 amide bonds. The first kappa shape index (κ1) is 10.6. The van der Waals surface area contributed by atoms with E-state index in [0.717, 1.165) is 23.9 Å². The normalized spacial score (nSPS) is 17.7. The fourth-order valence-electron chi connectivity index (χ4n) is 1.91. The molecule has 0 aliphatic heterocycles. The molecule has 1 aliphatic rings. The lowest BCUT2D eigenvalue weighted by Gasteiger charge is -2.12. The van der Waals surface area contributed by atoms with Gasteiger partial charge in [-0.3, -0.25) is 4.98 Å². The van der Waals surface area contributed by atoms with Gasteiger partial charge in [-0.25, -0.2) is 0 Å². The van der Waals surface area contributed by atoms with Crippen molar-refractivity contribution in [1.82, 2.24) is 10.3 Å². The van der Waals surface area contributed by atoms with Crippen LogP contribution in [-0.4, -0.2) is 11.0 Å². The lowest BCUT2D eigenvalue weighted by Crippen LogP contribution is -2.26. The molecule has 82 valence electrons. The maximum Gasteiger partial charge on any atom is 0.0544 e. The van der Waals surface area contributed by atoms with E-state index >= 15 is 0 Å². The Kier molecular flexibility index (Phi) is 3.37. The zero-order valence-electron chi connectivity index (χ0n) is 9.66. The summed E-state index contributed by atoms with van der Waals surface area (Å²) in [7, 11) is 0. The average Bonchev–Trinajstić information content (AvgIpc) is 2.99. The Morgan fingerprint density at radius 3 is 2.93 bits per heavy atom. The molecule has 2 nitrogen and oxygen atoms in total. The molecule has 1 unspecified atom stereocenters. The highest BCUT2D eigenvalue weighted by Gasteiger charge is 2.23. The molecule has 1 aromatic heterocycles. The Balaban J connectivity index is 1.76. The van der Waals surface area contributed by atoms with E-state index in [2.05, 4.69) is 29.4 Å². The van der Waals surface area contributed by atoms with E-state index in [9.17, 15) is 0 Å². The van der Waals surface area contributed by atoms with Gasteiger partial charge in [-0.2, -0.15) is 0 Å². The molecule has 0 radical (unpaired) electrons. The Morgan fingerprint density at radius 1 is 1.47 bits per heavy atom. The molecule has 0 spiro atoms. The molecule has 0 aromatic carbocycles. The fourth-order valence-corrected chi connectivity index (χ4v) is 1.91. The third-order valence-electron chi connectivity index (χ3n) is 2.96. The van der Waals surface area contributed by atoms with E-state index in [4.69, 9.17) is 0 Å². The third kappa shape index (κ3) is 3.63. The number of rotatable bonds is 5. The maximum absolute atomic E-state index is 4.48. The number of nitrogens with zero attached hydrogens (tertiary/aromatic N) is 1. The van der Waals surface area contributed by atoms with Gasteiger partial charge in [-0.15, -0.1) is 0 Å². The van der Waals surface area contributed by atoms with Crippen LogP contribution in [0.5, 0.6) is 0 Å². The van der Waals surface area contributed by atoms with Crippen molar-refractivity contribution in [2.24, 2.45) is 5.92 Å². The van der Waals surface area contributed by atoms with E-state index in [1.165, 1.54) is 19.3 Å². The summed E-state index contributed by atoms with van der Waals surface area (Å²) in [5, 5.41) is 3.53. The monoisotopic (exact) mass is 204 g/mol. The molecule has 0 saturated heterocycles. The molecular weight excluding hydrogens is 184 g/mol. The van der Waals surface area contributed by atoms with Crippen molar-refractivity contribution in [2.45, 2.75) is 45.7 Å². The molecule has 1 heterocycles. The van der Waals surface area contributed by atoms with Crippen molar-refractivity contribution < 1.29 is 0 Å². The minimum absolute atomic E-state index is 0.625. The number of pyridine rings is 1. The second kappa shape index (κ2) is 4.75. The zero-order valence-corrected chi connectivity index (χ0v) is 9.66. The van der Waals surface area contributed by atoms with Crippen molar-refractivity contribution in [3.63, 3.8) is 0 Å². The highest BCUT2D eigenvalue weighted by molar-refractivity contribution is 5.09. The lowest BCUT2D eigenvalue weighted by atomic mass is 10.1. The van der Waals surface area contributed by atoms with Gasteiger partial charge < -0.3 is 5.32 Å². The summed E-state index contributed by atoms with van der Waals surface area (Å²) >= 11 is 0. The Bertz CT molecular complexity index is 318. The summed E-state index contributed by atoms with van der Waals surface area (Å²) in [5.41, 5.74) is 2.25. The van der Waals surface area contributed by atoms with Gasteiger partial charge >= 0.3 is 0 Å². The molecule has 0 bridgehead atoms.